The second kappa shape index (κ2) is 5.40. The van der Waals surface area contributed by atoms with Crippen LogP contribution >= 0.6 is 15.9 Å². The van der Waals surface area contributed by atoms with E-state index in [-0.39, 0.29) is 6.04 Å². The van der Waals surface area contributed by atoms with E-state index in [0.29, 0.717) is 6.04 Å². The third-order valence-electron chi connectivity index (χ3n) is 3.61. The first-order valence-electron chi connectivity index (χ1n) is 6.41. The molecule has 1 aromatic rings. The first kappa shape index (κ1) is 12.9. The fourth-order valence-corrected chi connectivity index (χ4v) is 3.27. The standard InChI is InChI=1S/C14H21BrN2/c1-10-5-3-4-8-17(10)12-6-7-13(11(2)16)14(15)9-12/h6-7,9-11H,3-5,8,16H2,1-2H3. The monoisotopic (exact) mass is 296 g/mol. The summed E-state index contributed by atoms with van der Waals surface area (Å²) in [6.45, 7) is 5.50. The highest BCUT2D eigenvalue weighted by Gasteiger charge is 2.19. The molecule has 1 saturated heterocycles. The number of halogens is 1. The molecule has 94 valence electrons. The summed E-state index contributed by atoms with van der Waals surface area (Å²) in [7, 11) is 0. The van der Waals surface area contributed by atoms with E-state index in [1.54, 1.807) is 0 Å². The van der Waals surface area contributed by atoms with Crippen LogP contribution in [0.15, 0.2) is 22.7 Å². The van der Waals surface area contributed by atoms with Crippen LogP contribution in [-0.2, 0) is 0 Å². The lowest BCUT2D eigenvalue weighted by molar-refractivity contribution is 0.485. The Kier molecular flexibility index (Phi) is 4.10. The van der Waals surface area contributed by atoms with Gasteiger partial charge in [-0.1, -0.05) is 22.0 Å². The number of nitrogens with zero attached hydrogens (tertiary/aromatic N) is 1. The molecule has 2 unspecified atom stereocenters. The van der Waals surface area contributed by atoms with Gasteiger partial charge in [0.25, 0.3) is 0 Å². The molecule has 1 aliphatic rings. The van der Waals surface area contributed by atoms with E-state index in [9.17, 15) is 0 Å². The van der Waals surface area contributed by atoms with Crippen molar-refractivity contribution in [2.75, 3.05) is 11.4 Å². The van der Waals surface area contributed by atoms with Crippen molar-refractivity contribution in [1.29, 1.82) is 0 Å². The number of hydrogen-bond acceptors (Lipinski definition) is 2. The highest BCUT2D eigenvalue weighted by atomic mass is 79.9. The molecule has 1 aliphatic heterocycles. The molecule has 2 atom stereocenters. The zero-order valence-electron chi connectivity index (χ0n) is 10.6. The summed E-state index contributed by atoms with van der Waals surface area (Å²) < 4.78 is 1.13. The molecule has 0 bridgehead atoms. The Bertz CT molecular complexity index is 390. The van der Waals surface area contributed by atoms with Crippen LogP contribution in [0.2, 0.25) is 0 Å². The number of nitrogens with two attached hydrogens (primary N) is 1. The minimum Gasteiger partial charge on any atom is -0.369 e. The lowest BCUT2D eigenvalue weighted by atomic mass is 10.0. The minimum absolute atomic E-state index is 0.0807. The van der Waals surface area contributed by atoms with Crippen LogP contribution in [-0.4, -0.2) is 12.6 Å². The maximum absolute atomic E-state index is 5.93. The van der Waals surface area contributed by atoms with Gasteiger partial charge in [0.1, 0.15) is 0 Å². The van der Waals surface area contributed by atoms with Gasteiger partial charge in [0.2, 0.25) is 0 Å². The second-order valence-corrected chi connectivity index (χ2v) is 5.89. The summed E-state index contributed by atoms with van der Waals surface area (Å²) in [5.74, 6) is 0. The van der Waals surface area contributed by atoms with Gasteiger partial charge in [-0.2, -0.15) is 0 Å². The maximum Gasteiger partial charge on any atom is 0.0380 e. The summed E-state index contributed by atoms with van der Waals surface area (Å²) >= 11 is 3.63. The van der Waals surface area contributed by atoms with Gasteiger partial charge < -0.3 is 10.6 Å². The molecule has 0 aliphatic carbocycles. The molecule has 2 N–H and O–H groups in total. The normalized spacial score (nSPS) is 22.6. The minimum atomic E-state index is 0.0807. The number of anilines is 1. The topological polar surface area (TPSA) is 29.3 Å². The van der Waals surface area contributed by atoms with Gasteiger partial charge in [0, 0.05) is 28.8 Å². The Morgan fingerprint density at radius 2 is 2.18 bits per heavy atom. The third-order valence-corrected chi connectivity index (χ3v) is 4.30. The summed E-state index contributed by atoms with van der Waals surface area (Å²) in [6.07, 6.45) is 3.96. The maximum atomic E-state index is 5.93. The highest BCUT2D eigenvalue weighted by Crippen LogP contribution is 2.30. The van der Waals surface area contributed by atoms with Gasteiger partial charge in [-0.05, 0) is 50.8 Å². The van der Waals surface area contributed by atoms with Gasteiger partial charge in [-0.15, -0.1) is 0 Å². The van der Waals surface area contributed by atoms with Gasteiger partial charge in [-0.25, -0.2) is 0 Å². The van der Waals surface area contributed by atoms with Crippen molar-refractivity contribution in [3.05, 3.63) is 28.2 Å². The van der Waals surface area contributed by atoms with Crippen LogP contribution in [0.4, 0.5) is 5.69 Å². The Labute approximate surface area is 112 Å². The van der Waals surface area contributed by atoms with Gasteiger partial charge in [-0.3, -0.25) is 0 Å². The van der Waals surface area contributed by atoms with E-state index in [0.717, 1.165) is 4.47 Å². The van der Waals surface area contributed by atoms with E-state index in [4.69, 9.17) is 5.73 Å². The zero-order chi connectivity index (χ0) is 12.4. The molecule has 17 heavy (non-hydrogen) atoms. The first-order valence-corrected chi connectivity index (χ1v) is 7.20. The van der Waals surface area contributed by atoms with E-state index in [1.807, 2.05) is 6.92 Å². The van der Waals surface area contributed by atoms with Crippen LogP contribution < -0.4 is 10.6 Å². The fraction of sp³-hybridized carbons (Fsp3) is 0.571. The molecule has 2 nitrogen and oxygen atoms in total. The predicted octanol–water partition coefficient (Wildman–Crippen LogP) is 3.85. The van der Waals surface area contributed by atoms with Crippen LogP contribution in [0.5, 0.6) is 0 Å². The highest BCUT2D eigenvalue weighted by molar-refractivity contribution is 9.10. The van der Waals surface area contributed by atoms with Crippen molar-refractivity contribution in [2.24, 2.45) is 5.73 Å². The quantitative estimate of drug-likeness (QED) is 0.898. The molecular formula is C14H21BrN2. The van der Waals surface area contributed by atoms with E-state index in [2.05, 4.69) is 46.0 Å². The lowest BCUT2D eigenvalue weighted by Gasteiger charge is -2.35. The molecular weight excluding hydrogens is 276 g/mol. The smallest absolute Gasteiger partial charge is 0.0380 e. The van der Waals surface area contributed by atoms with Crippen molar-refractivity contribution in [3.63, 3.8) is 0 Å². The number of hydrogen-bond donors (Lipinski definition) is 1. The Balaban J connectivity index is 2.24. The van der Waals surface area contributed by atoms with E-state index >= 15 is 0 Å². The molecule has 0 spiro atoms. The lowest BCUT2D eigenvalue weighted by Crippen LogP contribution is -2.37. The molecule has 0 aromatic heterocycles. The zero-order valence-corrected chi connectivity index (χ0v) is 12.2. The molecule has 0 saturated carbocycles. The average molecular weight is 297 g/mol. The summed E-state index contributed by atoms with van der Waals surface area (Å²) in [6, 6.07) is 7.28. The Morgan fingerprint density at radius 3 is 2.76 bits per heavy atom. The van der Waals surface area contributed by atoms with Crippen LogP contribution in [0, 0.1) is 0 Å². The van der Waals surface area contributed by atoms with Gasteiger partial charge in [0.05, 0.1) is 0 Å². The van der Waals surface area contributed by atoms with Crippen LogP contribution in [0.3, 0.4) is 0 Å². The number of piperidine rings is 1. The van der Waals surface area contributed by atoms with E-state index < -0.39 is 0 Å². The van der Waals surface area contributed by atoms with Crippen molar-refractivity contribution in [1.82, 2.24) is 0 Å². The first-order chi connectivity index (χ1) is 8.09. The SMILES string of the molecule is CC(N)c1ccc(N2CCCCC2C)cc1Br. The number of rotatable bonds is 2. The third kappa shape index (κ3) is 2.83. The Morgan fingerprint density at radius 1 is 1.41 bits per heavy atom. The molecule has 0 amide bonds. The molecule has 2 rings (SSSR count). The largest absolute Gasteiger partial charge is 0.369 e. The summed E-state index contributed by atoms with van der Waals surface area (Å²) in [5.41, 5.74) is 8.42. The van der Waals surface area contributed by atoms with Crippen molar-refractivity contribution in [2.45, 2.75) is 45.2 Å². The number of benzene rings is 1. The fourth-order valence-electron chi connectivity index (χ4n) is 2.55. The molecule has 1 fully saturated rings. The predicted molar refractivity (Wildman–Crippen MR) is 77.4 cm³/mol. The van der Waals surface area contributed by atoms with Crippen molar-refractivity contribution in [3.8, 4) is 0 Å². The average Bonchev–Trinajstić information content (AvgIpc) is 2.29. The second-order valence-electron chi connectivity index (χ2n) is 5.03. The van der Waals surface area contributed by atoms with Gasteiger partial charge in [0.15, 0.2) is 0 Å². The van der Waals surface area contributed by atoms with Crippen molar-refractivity contribution < 1.29 is 0 Å². The molecule has 1 aromatic carbocycles. The summed E-state index contributed by atoms with van der Waals surface area (Å²) in [5, 5.41) is 0. The van der Waals surface area contributed by atoms with Gasteiger partial charge >= 0.3 is 0 Å². The van der Waals surface area contributed by atoms with Crippen LogP contribution in [0.25, 0.3) is 0 Å². The van der Waals surface area contributed by atoms with Crippen LogP contribution in [0.1, 0.15) is 44.7 Å². The molecule has 0 radical (unpaired) electrons. The van der Waals surface area contributed by atoms with E-state index in [1.165, 1.54) is 37.1 Å². The van der Waals surface area contributed by atoms with Crippen molar-refractivity contribution >= 4 is 21.6 Å². The Hall–Kier alpha value is -0.540. The molecule has 3 heteroatoms. The molecule has 1 heterocycles. The summed E-state index contributed by atoms with van der Waals surface area (Å²) in [4.78, 5) is 2.50.